The smallest absolute Gasteiger partial charge is 0.280 e. The van der Waals surface area contributed by atoms with E-state index in [1.165, 1.54) is 0 Å². The highest BCUT2D eigenvalue weighted by atomic mass is 16.5. The van der Waals surface area contributed by atoms with E-state index in [-0.39, 0.29) is 11.7 Å². The third kappa shape index (κ3) is 2.70. The minimum Gasteiger partial charge on any atom is -0.376 e. The molecule has 0 N–H and O–H groups in total. The first kappa shape index (κ1) is 17.1. The SMILES string of the molecule is CCc1nn2c(nnc3c(=O)n(CC4CCCO4)ccc32)c1-c1ccccc1. The van der Waals surface area contributed by atoms with Crippen molar-refractivity contribution in [3.05, 3.63) is 58.6 Å². The van der Waals surface area contributed by atoms with Crippen molar-refractivity contribution in [2.75, 3.05) is 6.61 Å². The van der Waals surface area contributed by atoms with Crippen molar-refractivity contribution >= 4 is 16.7 Å². The molecule has 0 bridgehead atoms. The van der Waals surface area contributed by atoms with Crippen LogP contribution in [0.4, 0.5) is 0 Å². The second kappa shape index (κ2) is 6.83. The zero-order chi connectivity index (χ0) is 19.1. The predicted octanol–water partition coefficient (Wildman–Crippen LogP) is 2.85. The van der Waals surface area contributed by atoms with Crippen molar-refractivity contribution in [1.29, 1.82) is 0 Å². The van der Waals surface area contributed by atoms with Crippen LogP contribution in [0.1, 0.15) is 25.5 Å². The van der Waals surface area contributed by atoms with E-state index >= 15 is 0 Å². The molecule has 1 aliphatic heterocycles. The largest absolute Gasteiger partial charge is 0.376 e. The molecule has 4 heterocycles. The summed E-state index contributed by atoms with van der Waals surface area (Å²) in [6.07, 6.45) is 4.69. The monoisotopic (exact) mass is 375 g/mol. The van der Waals surface area contributed by atoms with Crippen LogP contribution in [0.15, 0.2) is 47.4 Å². The van der Waals surface area contributed by atoms with Gasteiger partial charge in [-0.1, -0.05) is 37.3 Å². The van der Waals surface area contributed by atoms with Gasteiger partial charge in [-0.25, -0.2) is 4.52 Å². The number of fused-ring (bicyclic) bond motifs is 3. The quantitative estimate of drug-likeness (QED) is 0.548. The number of benzene rings is 1. The highest BCUT2D eigenvalue weighted by Crippen LogP contribution is 2.28. The molecule has 4 aromatic rings. The van der Waals surface area contributed by atoms with E-state index in [1.807, 2.05) is 42.6 Å². The van der Waals surface area contributed by atoms with E-state index in [2.05, 4.69) is 17.1 Å². The molecule has 7 nitrogen and oxygen atoms in total. The molecular formula is C21H21N5O2. The van der Waals surface area contributed by atoms with Crippen LogP contribution in [0.5, 0.6) is 0 Å². The minimum atomic E-state index is -0.155. The fourth-order valence-corrected chi connectivity index (χ4v) is 3.93. The molecule has 1 fully saturated rings. The molecule has 1 aromatic carbocycles. The molecule has 5 rings (SSSR count). The molecule has 1 aliphatic rings. The molecule has 7 heteroatoms. The van der Waals surface area contributed by atoms with Gasteiger partial charge < -0.3 is 9.30 Å². The van der Waals surface area contributed by atoms with Gasteiger partial charge in [0.1, 0.15) is 5.52 Å². The molecule has 142 valence electrons. The Hall–Kier alpha value is -3.06. The number of aromatic nitrogens is 5. The lowest BCUT2D eigenvalue weighted by Gasteiger charge is -2.12. The van der Waals surface area contributed by atoms with Crippen LogP contribution in [-0.2, 0) is 17.7 Å². The lowest BCUT2D eigenvalue weighted by Crippen LogP contribution is -2.27. The van der Waals surface area contributed by atoms with Gasteiger partial charge in [0, 0.05) is 12.8 Å². The zero-order valence-electron chi connectivity index (χ0n) is 15.7. The van der Waals surface area contributed by atoms with Crippen molar-refractivity contribution in [3.8, 4) is 11.1 Å². The lowest BCUT2D eigenvalue weighted by molar-refractivity contribution is 0.0963. The van der Waals surface area contributed by atoms with Gasteiger partial charge >= 0.3 is 0 Å². The van der Waals surface area contributed by atoms with Crippen LogP contribution in [0.25, 0.3) is 27.8 Å². The van der Waals surface area contributed by atoms with Gasteiger partial charge in [0.25, 0.3) is 5.56 Å². The minimum absolute atomic E-state index is 0.0907. The molecule has 3 aromatic heterocycles. The van der Waals surface area contributed by atoms with E-state index in [1.54, 1.807) is 9.08 Å². The summed E-state index contributed by atoms with van der Waals surface area (Å²) in [4.78, 5) is 13.0. The maximum absolute atomic E-state index is 13.0. The molecule has 0 saturated carbocycles. The second-order valence-electron chi connectivity index (χ2n) is 7.12. The van der Waals surface area contributed by atoms with E-state index in [4.69, 9.17) is 9.84 Å². The Morgan fingerprint density at radius 2 is 2.04 bits per heavy atom. The lowest BCUT2D eigenvalue weighted by atomic mass is 10.0. The Balaban J connectivity index is 1.69. The fourth-order valence-electron chi connectivity index (χ4n) is 3.93. The fraction of sp³-hybridized carbons (Fsp3) is 0.333. The zero-order valence-corrected chi connectivity index (χ0v) is 15.7. The predicted molar refractivity (Wildman–Crippen MR) is 106 cm³/mol. The van der Waals surface area contributed by atoms with Crippen LogP contribution in [-0.4, -0.2) is 37.1 Å². The Morgan fingerprint density at radius 1 is 1.18 bits per heavy atom. The number of pyridine rings is 1. The maximum Gasteiger partial charge on any atom is 0.280 e. The maximum atomic E-state index is 13.0. The van der Waals surface area contributed by atoms with E-state index < -0.39 is 0 Å². The van der Waals surface area contributed by atoms with Crippen LogP contribution in [0.2, 0.25) is 0 Å². The molecule has 0 spiro atoms. The Bertz CT molecular complexity index is 1210. The molecule has 1 atom stereocenters. The molecule has 28 heavy (non-hydrogen) atoms. The van der Waals surface area contributed by atoms with E-state index in [0.29, 0.717) is 23.2 Å². The van der Waals surface area contributed by atoms with Gasteiger partial charge in [-0.3, -0.25) is 4.79 Å². The third-order valence-electron chi connectivity index (χ3n) is 5.35. The van der Waals surface area contributed by atoms with Crippen LogP contribution >= 0.6 is 0 Å². The van der Waals surface area contributed by atoms with Gasteiger partial charge in [0.15, 0.2) is 11.2 Å². The Kier molecular flexibility index (Phi) is 4.16. The highest BCUT2D eigenvalue weighted by Gasteiger charge is 2.20. The van der Waals surface area contributed by atoms with Gasteiger partial charge in [-0.15, -0.1) is 10.2 Å². The summed E-state index contributed by atoms with van der Waals surface area (Å²) in [5.41, 5.74) is 4.49. The summed E-state index contributed by atoms with van der Waals surface area (Å²) in [6, 6.07) is 12.0. The molecular weight excluding hydrogens is 354 g/mol. The number of nitrogens with zero attached hydrogens (tertiary/aromatic N) is 5. The average Bonchev–Trinajstić information content (AvgIpc) is 3.38. The van der Waals surface area contributed by atoms with Crippen LogP contribution in [0.3, 0.4) is 0 Å². The molecule has 0 radical (unpaired) electrons. The van der Waals surface area contributed by atoms with Crippen molar-refractivity contribution in [3.63, 3.8) is 0 Å². The number of aryl methyl sites for hydroxylation is 1. The van der Waals surface area contributed by atoms with Crippen molar-refractivity contribution < 1.29 is 4.74 Å². The number of rotatable bonds is 4. The van der Waals surface area contributed by atoms with Crippen molar-refractivity contribution in [2.24, 2.45) is 0 Å². The Labute approximate surface area is 161 Å². The summed E-state index contributed by atoms with van der Waals surface area (Å²) in [7, 11) is 0. The van der Waals surface area contributed by atoms with Crippen LogP contribution in [0, 0.1) is 0 Å². The summed E-state index contributed by atoms with van der Waals surface area (Å²) >= 11 is 0. The van der Waals surface area contributed by atoms with Gasteiger partial charge in [0.2, 0.25) is 0 Å². The standard InChI is InChI=1S/C21H21N5O2/c1-2-16-18(14-7-4-3-5-8-14)20-23-22-19-17(26(20)24-16)10-11-25(21(19)27)13-15-9-6-12-28-15/h3-5,7-8,10-11,15H,2,6,9,12-13H2,1H3. The van der Waals surface area contributed by atoms with Gasteiger partial charge in [0.05, 0.1) is 23.9 Å². The van der Waals surface area contributed by atoms with Crippen LogP contribution < -0.4 is 5.56 Å². The first-order chi connectivity index (χ1) is 13.8. The molecule has 1 unspecified atom stereocenters. The number of ether oxygens (including phenoxy) is 1. The summed E-state index contributed by atoms with van der Waals surface area (Å²) in [5.74, 6) is 0. The second-order valence-corrected chi connectivity index (χ2v) is 7.12. The van der Waals surface area contributed by atoms with E-state index in [9.17, 15) is 4.79 Å². The summed E-state index contributed by atoms with van der Waals surface area (Å²) in [5, 5.41) is 13.4. The number of hydrogen-bond acceptors (Lipinski definition) is 5. The third-order valence-corrected chi connectivity index (χ3v) is 5.35. The van der Waals surface area contributed by atoms with E-state index in [0.717, 1.165) is 42.7 Å². The summed E-state index contributed by atoms with van der Waals surface area (Å²) in [6.45, 7) is 3.38. The van der Waals surface area contributed by atoms with Crippen molar-refractivity contribution in [1.82, 2.24) is 24.4 Å². The van der Waals surface area contributed by atoms with Gasteiger partial charge in [-0.2, -0.15) is 5.10 Å². The average molecular weight is 375 g/mol. The molecule has 1 saturated heterocycles. The first-order valence-electron chi connectivity index (χ1n) is 9.70. The normalized spacial score (nSPS) is 17.0. The molecule has 0 amide bonds. The summed E-state index contributed by atoms with van der Waals surface area (Å²) < 4.78 is 9.08. The topological polar surface area (TPSA) is 74.3 Å². The highest BCUT2D eigenvalue weighted by molar-refractivity contribution is 5.84. The van der Waals surface area contributed by atoms with Gasteiger partial charge in [-0.05, 0) is 30.9 Å². The number of hydrogen-bond donors (Lipinski definition) is 0. The van der Waals surface area contributed by atoms with Crippen molar-refractivity contribution in [2.45, 2.75) is 38.8 Å². The Morgan fingerprint density at radius 3 is 2.79 bits per heavy atom. The molecule has 0 aliphatic carbocycles. The first-order valence-corrected chi connectivity index (χ1v) is 9.70.